The van der Waals surface area contributed by atoms with Crippen LogP contribution in [0.5, 0.6) is 0 Å². The normalized spacial score (nSPS) is 18.8. The number of pyridine rings is 1. The van der Waals surface area contributed by atoms with Crippen molar-refractivity contribution in [1.29, 1.82) is 0 Å². The third-order valence-electron chi connectivity index (χ3n) is 5.46. The Hall–Kier alpha value is -3.04. The predicted octanol–water partition coefficient (Wildman–Crippen LogP) is 0.687. The lowest BCUT2D eigenvalue weighted by molar-refractivity contribution is 0.555. The first-order chi connectivity index (χ1) is 15.7. The molecule has 0 bridgehead atoms. The van der Waals surface area contributed by atoms with E-state index in [4.69, 9.17) is 5.14 Å². The number of aromatic amines is 1. The lowest BCUT2D eigenvalue weighted by atomic mass is 10.00. The molecule has 1 atom stereocenters. The van der Waals surface area contributed by atoms with Gasteiger partial charge in [0.2, 0.25) is 20.0 Å². The van der Waals surface area contributed by atoms with Gasteiger partial charge in [0.15, 0.2) is 12.5 Å². The van der Waals surface area contributed by atoms with Crippen molar-refractivity contribution >= 4 is 36.9 Å². The van der Waals surface area contributed by atoms with Crippen LogP contribution in [0.15, 0.2) is 61.7 Å². The van der Waals surface area contributed by atoms with E-state index in [2.05, 4.69) is 35.2 Å². The second kappa shape index (κ2) is 8.07. The molecule has 1 saturated heterocycles. The van der Waals surface area contributed by atoms with Crippen LogP contribution in [0, 0.1) is 0 Å². The van der Waals surface area contributed by atoms with Gasteiger partial charge in [-0.2, -0.15) is 5.11 Å². The van der Waals surface area contributed by atoms with Gasteiger partial charge in [-0.1, -0.05) is 6.07 Å². The number of azo groups is 1. The first-order valence-electron chi connectivity index (χ1n) is 10.0. The van der Waals surface area contributed by atoms with Crippen molar-refractivity contribution in [2.24, 2.45) is 20.4 Å². The van der Waals surface area contributed by atoms with E-state index in [1.165, 1.54) is 12.1 Å². The van der Waals surface area contributed by atoms with Gasteiger partial charge in [-0.3, -0.25) is 4.98 Å². The second-order valence-corrected chi connectivity index (χ2v) is 10.9. The summed E-state index contributed by atoms with van der Waals surface area (Å²) in [5.41, 5.74) is 2.31. The van der Waals surface area contributed by atoms with Gasteiger partial charge in [0, 0.05) is 30.5 Å². The van der Waals surface area contributed by atoms with Gasteiger partial charge < -0.3 is 10.3 Å². The molecule has 1 aromatic carbocycles. The molecule has 0 spiro atoms. The molecule has 33 heavy (non-hydrogen) atoms. The first kappa shape index (κ1) is 21.8. The molecule has 14 heteroatoms. The Morgan fingerprint density at radius 2 is 2.00 bits per heavy atom. The monoisotopic (exact) mass is 488 g/mol. The highest BCUT2D eigenvalue weighted by Crippen LogP contribution is 2.35. The number of amidine groups is 1. The maximum Gasteiger partial charge on any atom is 0.242 e. The summed E-state index contributed by atoms with van der Waals surface area (Å²) < 4.78 is 54.6. The molecular weight excluding hydrogens is 468 g/mol. The van der Waals surface area contributed by atoms with Crippen LogP contribution in [0.4, 0.5) is 0 Å². The minimum Gasteiger partial charge on any atom is -0.360 e. The van der Waals surface area contributed by atoms with E-state index in [1.807, 2.05) is 0 Å². The van der Waals surface area contributed by atoms with Gasteiger partial charge >= 0.3 is 0 Å². The van der Waals surface area contributed by atoms with Crippen molar-refractivity contribution in [1.82, 2.24) is 20.0 Å². The topological polar surface area (TPSA) is 184 Å². The molecule has 1 fully saturated rings. The van der Waals surface area contributed by atoms with Crippen molar-refractivity contribution in [3.05, 3.63) is 42.2 Å². The Morgan fingerprint density at radius 3 is 2.70 bits per heavy atom. The van der Waals surface area contributed by atoms with Crippen LogP contribution in [-0.2, 0) is 20.0 Å². The molecule has 2 aliphatic rings. The van der Waals surface area contributed by atoms with Gasteiger partial charge in [-0.25, -0.2) is 31.7 Å². The Kier molecular flexibility index (Phi) is 5.33. The minimum absolute atomic E-state index is 0.00425. The Labute approximate surface area is 189 Å². The molecule has 5 rings (SSSR count). The summed E-state index contributed by atoms with van der Waals surface area (Å²) in [5, 5.41) is 16.4. The number of hydrogen-bond acceptors (Lipinski definition) is 9. The summed E-state index contributed by atoms with van der Waals surface area (Å²) in [6, 6.07) is 5.94. The molecule has 4 heterocycles. The predicted molar refractivity (Wildman–Crippen MR) is 121 cm³/mol. The zero-order chi connectivity index (χ0) is 23.2. The van der Waals surface area contributed by atoms with Gasteiger partial charge in [0.25, 0.3) is 0 Å². The van der Waals surface area contributed by atoms with Crippen molar-refractivity contribution in [2.45, 2.75) is 22.3 Å². The standard InChI is InChI=1S/C19H20N8O4S2/c20-32(28,29)18-16(33(30,31)27-12-3-5-21-9-12)2-1-13(17(18)19-24-10-25-26-19)11-7-15-14(23-8-11)4-6-22-15/h1-2,4,6-8,12,21-22,27H,3,5,9-10H2,(H2,20,28,29)/t12-/m1/s1. The molecule has 0 aliphatic carbocycles. The molecular formula is C19H20N8O4S2. The molecule has 2 aromatic heterocycles. The van der Waals surface area contributed by atoms with E-state index in [-0.39, 0.29) is 24.1 Å². The van der Waals surface area contributed by atoms with Crippen LogP contribution < -0.4 is 15.2 Å². The van der Waals surface area contributed by atoms with Crippen LogP contribution in [0.25, 0.3) is 22.2 Å². The van der Waals surface area contributed by atoms with E-state index >= 15 is 0 Å². The number of fused-ring (bicyclic) bond motifs is 1. The largest absolute Gasteiger partial charge is 0.360 e. The van der Waals surface area contributed by atoms with Gasteiger partial charge in [-0.15, -0.1) is 5.11 Å². The minimum atomic E-state index is -4.53. The maximum absolute atomic E-state index is 13.2. The Morgan fingerprint density at radius 1 is 1.15 bits per heavy atom. The Bertz CT molecular complexity index is 1520. The number of sulfonamides is 2. The summed E-state index contributed by atoms with van der Waals surface area (Å²) in [7, 11) is -8.76. The van der Waals surface area contributed by atoms with E-state index in [0.717, 1.165) is 11.0 Å². The average Bonchev–Trinajstić information content (AvgIpc) is 3.53. The lowest BCUT2D eigenvalue weighted by Gasteiger charge is -2.18. The highest BCUT2D eigenvalue weighted by molar-refractivity contribution is 7.92. The zero-order valence-corrected chi connectivity index (χ0v) is 18.8. The number of nitrogens with zero attached hydrogens (tertiary/aromatic N) is 4. The molecule has 12 nitrogen and oxygen atoms in total. The molecule has 2 aliphatic heterocycles. The summed E-state index contributed by atoms with van der Waals surface area (Å²) in [6.07, 6.45) is 3.87. The quantitative estimate of drug-likeness (QED) is 0.395. The van der Waals surface area contributed by atoms with Crippen LogP contribution in [0.3, 0.4) is 0 Å². The first-order valence-corrected chi connectivity index (χ1v) is 13.1. The summed E-state index contributed by atoms with van der Waals surface area (Å²) in [6.45, 7) is 1.10. The second-order valence-electron chi connectivity index (χ2n) is 7.67. The smallest absolute Gasteiger partial charge is 0.242 e. The van der Waals surface area contributed by atoms with E-state index in [1.54, 1.807) is 24.5 Å². The Balaban J connectivity index is 1.77. The highest BCUT2D eigenvalue weighted by atomic mass is 32.2. The summed E-state index contributed by atoms with van der Waals surface area (Å²) in [5.74, 6) is -0.0137. The van der Waals surface area contributed by atoms with Crippen LogP contribution in [-0.4, -0.2) is 58.4 Å². The number of rotatable bonds is 6. The highest BCUT2D eigenvalue weighted by Gasteiger charge is 2.34. The van der Waals surface area contributed by atoms with Crippen molar-refractivity contribution in [3.8, 4) is 11.1 Å². The number of hydrogen-bond donors (Lipinski definition) is 4. The summed E-state index contributed by atoms with van der Waals surface area (Å²) >= 11 is 0. The number of primary sulfonamides is 1. The molecule has 172 valence electrons. The van der Waals surface area contributed by atoms with E-state index in [9.17, 15) is 16.8 Å². The third kappa shape index (κ3) is 4.06. The van der Waals surface area contributed by atoms with Crippen molar-refractivity contribution in [3.63, 3.8) is 0 Å². The average molecular weight is 489 g/mol. The van der Waals surface area contributed by atoms with Gasteiger partial charge in [-0.05, 0) is 36.7 Å². The molecule has 0 radical (unpaired) electrons. The number of aliphatic imine (C=N–C) groups is 1. The number of aromatic nitrogens is 2. The molecule has 0 saturated carbocycles. The third-order valence-corrected chi connectivity index (χ3v) is 8.15. The fourth-order valence-corrected chi connectivity index (χ4v) is 6.87. The van der Waals surface area contributed by atoms with Crippen LogP contribution in [0.2, 0.25) is 0 Å². The van der Waals surface area contributed by atoms with Gasteiger partial charge in [0.05, 0.1) is 16.6 Å². The molecule has 3 aromatic rings. The molecule has 5 N–H and O–H groups in total. The lowest BCUT2D eigenvalue weighted by Crippen LogP contribution is -2.37. The van der Waals surface area contributed by atoms with Crippen molar-refractivity contribution in [2.75, 3.05) is 19.8 Å². The number of nitrogens with two attached hydrogens (primary N) is 1. The number of benzene rings is 1. The fourth-order valence-electron chi connectivity index (χ4n) is 4.00. The molecule has 0 unspecified atom stereocenters. The fraction of sp³-hybridized carbons (Fsp3) is 0.263. The summed E-state index contributed by atoms with van der Waals surface area (Å²) in [4.78, 5) is 10.5. The van der Waals surface area contributed by atoms with Gasteiger partial charge in [0.1, 0.15) is 9.79 Å². The van der Waals surface area contributed by atoms with Crippen LogP contribution >= 0.6 is 0 Å². The van der Waals surface area contributed by atoms with E-state index in [0.29, 0.717) is 30.6 Å². The number of nitrogens with one attached hydrogen (secondary N) is 3. The zero-order valence-electron chi connectivity index (χ0n) is 17.2. The van der Waals surface area contributed by atoms with Crippen molar-refractivity contribution < 1.29 is 16.8 Å². The SMILES string of the molecule is NS(=O)(=O)c1c(S(=O)(=O)N[C@@H]2CCNC2)ccc(-c2cnc3cc[nH]c3c2)c1C1=NCN=N1. The maximum atomic E-state index is 13.2. The molecule has 0 amide bonds. The number of H-pyrrole nitrogens is 1. The van der Waals surface area contributed by atoms with E-state index < -0.39 is 29.8 Å². The van der Waals surface area contributed by atoms with Crippen LogP contribution in [0.1, 0.15) is 12.0 Å².